The molecule has 1 fully saturated rings. The number of nitrogens with one attached hydrogen (secondary N) is 1. The first-order valence-corrected chi connectivity index (χ1v) is 9.20. The first kappa shape index (κ1) is 24.2. The fraction of sp³-hybridized carbons (Fsp3) is 0.778. The molecule has 1 saturated heterocycles. The Kier molecular flexibility index (Phi) is 13.9. The van der Waals surface area contributed by atoms with Gasteiger partial charge >= 0.3 is 0 Å². The molecule has 7 heteroatoms. The third kappa shape index (κ3) is 10.0. The lowest BCUT2D eigenvalue weighted by Crippen LogP contribution is -2.41. The summed E-state index contributed by atoms with van der Waals surface area (Å²) in [4.78, 5) is 20.6. The minimum absolute atomic E-state index is 0. The molecule has 0 radical (unpaired) electrons. The highest BCUT2D eigenvalue weighted by Crippen LogP contribution is 2.15. The third-order valence-electron chi connectivity index (χ3n) is 4.40. The zero-order valence-electron chi connectivity index (χ0n) is 15.9. The van der Waals surface area contributed by atoms with Crippen molar-refractivity contribution in [1.29, 1.82) is 0 Å². The van der Waals surface area contributed by atoms with Crippen molar-refractivity contribution in [2.45, 2.75) is 39.0 Å². The quantitative estimate of drug-likeness (QED) is 0.170. The van der Waals surface area contributed by atoms with Crippen LogP contribution in [0.2, 0.25) is 0 Å². The molecule has 3 N–H and O–H groups in total. The van der Waals surface area contributed by atoms with Crippen LogP contribution in [0, 0.1) is 5.92 Å². The van der Waals surface area contributed by atoms with Crippen molar-refractivity contribution in [2.24, 2.45) is 16.6 Å². The number of hydrogen-bond donors (Lipinski definition) is 2. The second kappa shape index (κ2) is 14.4. The first-order valence-electron chi connectivity index (χ1n) is 9.20. The molecule has 0 saturated carbocycles. The van der Waals surface area contributed by atoms with Crippen molar-refractivity contribution >= 4 is 35.8 Å². The fourth-order valence-corrected chi connectivity index (χ4v) is 3.02. The number of rotatable bonds is 10. The van der Waals surface area contributed by atoms with Gasteiger partial charge in [-0.05, 0) is 52.1 Å². The van der Waals surface area contributed by atoms with Crippen LogP contribution in [0.25, 0.3) is 0 Å². The molecule has 1 rings (SSSR count). The normalized spacial score (nSPS) is 18.3. The summed E-state index contributed by atoms with van der Waals surface area (Å²) < 4.78 is 0. The third-order valence-corrected chi connectivity index (χ3v) is 4.40. The van der Waals surface area contributed by atoms with Crippen LogP contribution in [-0.2, 0) is 4.79 Å². The maximum Gasteiger partial charge on any atom is 0.221 e. The number of hydrogen-bond acceptors (Lipinski definition) is 3. The van der Waals surface area contributed by atoms with Crippen molar-refractivity contribution in [3.63, 3.8) is 0 Å². The molecule has 1 amide bonds. The number of aliphatic imine (C=N–C) groups is 1. The van der Waals surface area contributed by atoms with E-state index in [9.17, 15) is 4.79 Å². The van der Waals surface area contributed by atoms with Crippen LogP contribution in [0.5, 0.6) is 0 Å². The van der Waals surface area contributed by atoms with E-state index in [-0.39, 0.29) is 35.8 Å². The maximum atomic E-state index is 11.3. The molecule has 146 valence electrons. The Hall–Kier alpha value is -0.830. The smallest absolute Gasteiger partial charge is 0.221 e. The van der Waals surface area contributed by atoms with E-state index in [0.29, 0.717) is 0 Å². The summed E-state index contributed by atoms with van der Waals surface area (Å²) >= 11 is 0. The van der Waals surface area contributed by atoms with Gasteiger partial charge in [-0.1, -0.05) is 6.08 Å². The highest BCUT2D eigenvalue weighted by molar-refractivity contribution is 14.0. The molecular weight excluding hydrogens is 429 g/mol. The van der Waals surface area contributed by atoms with Crippen LogP contribution in [0.3, 0.4) is 0 Å². The number of carbonyl (C=O) groups excluding carboxylic acids is 1. The number of guanidine groups is 1. The van der Waals surface area contributed by atoms with Gasteiger partial charge in [0.05, 0.1) is 5.92 Å². The predicted octanol–water partition coefficient (Wildman–Crippen LogP) is 2.06. The number of nitrogens with two attached hydrogens (primary N) is 1. The lowest BCUT2D eigenvalue weighted by Gasteiger charge is -2.30. The Morgan fingerprint density at radius 2 is 2.24 bits per heavy atom. The Balaban J connectivity index is 0.00000576. The van der Waals surface area contributed by atoms with Crippen molar-refractivity contribution < 1.29 is 4.79 Å². The highest BCUT2D eigenvalue weighted by atomic mass is 127. The summed E-state index contributed by atoms with van der Waals surface area (Å²) in [7, 11) is 2.08. The lowest BCUT2D eigenvalue weighted by molar-refractivity contribution is -0.123. The standard InChI is InChI=1S/C18H35N5O.HI/c1-4-6-7-12-22(3)18(20-5-2)21-11-9-14-23-13-8-10-16(15-23)17(19)24;/h4,16H,1,5-15H2,2-3H3,(H2,19,24)(H,20,21);1H. The summed E-state index contributed by atoms with van der Waals surface area (Å²) in [5.74, 6) is 0.832. The first-order chi connectivity index (χ1) is 11.6. The summed E-state index contributed by atoms with van der Waals surface area (Å²) in [6.45, 7) is 11.3. The van der Waals surface area contributed by atoms with Gasteiger partial charge in [-0.25, -0.2) is 0 Å². The van der Waals surface area contributed by atoms with Crippen molar-refractivity contribution in [2.75, 3.05) is 46.3 Å². The Morgan fingerprint density at radius 1 is 1.48 bits per heavy atom. The molecule has 0 aliphatic carbocycles. The fourth-order valence-electron chi connectivity index (χ4n) is 3.02. The van der Waals surface area contributed by atoms with Crippen LogP contribution in [0.4, 0.5) is 0 Å². The lowest BCUT2D eigenvalue weighted by atomic mass is 9.97. The van der Waals surface area contributed by atoms with Gasteiger partial charge in [-0.2, -0.15) is 0 Å². The number of allylic oxidation sites excluding steroid dienone is 1. The van der Waals surface area contributed by atoms with Gasteiger partial charge in [0, 0.05) is 33.2 Å². The molecule has 0 bridgehead atoms. The van der Waals surface area contributed by atoms with E-state index in [0.717, 1.165) is 77.3 Å². The monoisotopic (exact) mass is 465 g/mol. The van der Waals surface area contributed by atoms with E-state index in [1.54, 1.807) is 0 Å². The van der Waals surface area contributed by atoms with Crippen LogP contribution in [0.15, 0.2) is 17.6 Å². The molecule has 1 aliphatic heterocycles. The average molecular weight is 465 g/mol. The molecule has 6 nitrogen and oxygen atoms in total. The van der Waals surface area contributed by atoms with Gasteiger partial charge < -0.3 is 20.9 Å². The summed E-state index contributed by atoms with van der Waals surface area (Å²) in [6.07, 6.45) is 7.07. The molecule has 0 aromatic heterocycles. The molecule has 1 heterocycles. The highest BCUT2D eigenvalue weighted by Gasteiger charge is 2.23. The molecule has 1 atom stereocenters. The van der Waals surface area contributed by atoms with Gasteiger partial charge in [0.25, 0.3) is 0 Å². The number of likely N-dealkylation sites (tertiary alicyclic amines) is 1. The van der Waals surface area contributed by atoms with Crippen molar-refractivity contribution in [3.8, 4) is 0 Å². The number of halogens is 1. The molecule has 0 aromatic rings. The number of carbonyl (C=O) groups is 1. The maximum absolute atomic E-state index is 11.3. The number of primary amides is 1. The summed E-state index contributed by atoms with van der Waals surface area (Å²) in [5.41, 5.74) is 5.43. The van der Waals surface area contributed by atoms with E-state index in [4.69, 9.17) is 10.7 Å². The van der Waals surface area contributed by atoms with Gasteiger partial charge in [0.2, 0.25) is 5.91 Å². The van der Waals surface area contributed by atoms with E-state index >= 15 is 0 Å². The van der Waals surface area contributed by atoms with Crippen LogP contribution >= 0.6 is 24.0 Å². The largest absolute Gasteiger partial charge is 0.369 e. The van der Waals surface area contributed by atoms with Crippen LogP contribution < -0.4 is 11.1 Å². The molecule has 1 aliphatic rings. The summed E-state index contributed by atoms with van der Waals surface area (Å²) in [5, 5.41) is 3.35. The molecule has 0 aromatic carbocycles. The van der Waals surface area contributed by atoms with Gasteiger partial charge in [0.1, 0.15) is 0 Å². The molecular formula is C18H36IN5O. The van der Waals surface area contributed by atoms with Gasteiger partial charge in [0.15, 0.2) is 5.96 Å². The minimum atomic E-state index is -0.159. The number of amides is 1. The number of nitrogens with zero attached hydrogens (tertiary/aromatic N) is 3. The molecule has 0 spiro atoms. The van der Waals surface area contributed by atoms with Crippen molar-refractivity contribution in [1.82, 2.24) is 15.1 Å². The van der Waals surface area contributed by atoms with E-state index in [1.165, 1.54) is 0 Å². The zero-order chi connectivity index (χ0) is 17.8. The topological polar surface area (TPSA) is 74.0 Å². The Labute approximate surface area is 170 Å². The molecule has 1 unspecified atom stereocenters. The zero-order valence-corrected chi connectivity index (χ0v) is 18.2. The molecule has 25 heavy (non-hydrogen) atoms. The predicted molar refractivity (Wildman–Crippen MR) is 116 cm³/mol. The second-order valence-electron chi connectivity index (χ2n) is 6.48. The Bertz CT molecular complexity index is 416. The SMILES string of the molecule is C=CCCCN(C)C(=NCCCN1CCCC(C(N)=O)C1)NCC.I. The van der Waals surface area contributed by atoms with Gasteiger partial charge in [-0.3, -0.25) is 9.79 Å². The minimum Gasteiger partial charge on any atom is -0.369 e. The van der Waals surface area contributed by atoms with Gasteiger partial charge in [-0.15, -0.1) is 30.6 Å². The number of piperidine rings is 1. The van der Waals surface area contributed by atoms with Crippen LogP contribution in [0.1, 0.15) is 39.0 Å². The summed E-state index contributed by atoms with van der Waals surface area (Å²) in [6, 6.07) is 0. The second-order valence-corrected chi connectivity index (χ2v) is 6.48. The van der Waals surface area contributed by atoms with E-state index in [1.807, 2.05) is 6.08 Å². The van der Waals surface area contributed by atoms with E-state index in [2.05, 4.69) is 35.7 Å². The number of unbranched alkanes of at least 4 members (excludes halogenated alkanes) is 1. The van der Waals surface area contributed by atoms with Crippen LogP contribution in [-0.4, -0.2) is 68.0 Å². The average Bonchev–Trinajstić information content (AvgIpc) is 2.58. The van der Waals surface area contributed by atoms with Crippen molar-refractivity contribution in [3.05, 3.63) is 12.7 Å². The van der Waals surface area contributed by atoms with E-state index < -0.39 is 0 Å². The Morgan fingerprint density at radius 3 is 2.88 bits per heavy atom.